The predicted octanol–water partition coefficient (Wildman–Crippen LogP) is 2.77. The van der Waals surface area contributed by atoms with Gasteiger partial charge in [0.25, 0.3) is 0 Å². The van der Waals surface area contributed by atoms with E-state index in [2.05, 4.69) is 35.2 Å². The fourth-order valence-electron chi connectivity index (χ4n) is 2.18. The van der Waals surface area contributed by atoms with Gasteiger partial charge in [-0.25, -0.2) is 0 Å². The van der Waals surface area contributed by atoms with Gasteiger partial charge in [0.2, 0.25) is 0 Å². The second-order valence-corrected chi connectivity index (χ2v) is 7.77. The quantitative estimate of drug-likeness (QED) is 0.827. The van der Waals surface area contributed by atoms with Crippen LogP contribution in [0, 0.1) is 0 Å². The zero-order valence-electron chi connectivity index (χ0n) is 11.5. The normalized spacial score (nSPS) is 18.1. The van der Waals surface area contributed by atoms with Crippen LogP contribution in [0.3, 0.4) is 0 Å². The van der Waals surface area contributed by atoms with Gasteiger partial charge in [0, 0.05) is 23.6 Å². The molecule has 0 spiro atoms. The lowest BCUT2D eigenvalue weighted by molar-refractivity contribution is 0.531. The molecular formula is C14H22N2OS. The van der Waals surface area contributed by atoms with Crippen LogP contribution in [0.4, 0.5) is 5.69 Å². The Kier molecular flexibility index (Phi) is 3.90. The van der Waals surface area contributed by atoms with Crippen LogP contribution < -0.4 is 10.0 Å². The van der Waals surface area contributed by atoms with E-state index < -0.39 is 11.4 Å². The molecular weight excluding hydrogens is 244 g/mol. The number of hydrogen-bond donors (Lipinski definition) is 2. The van der Waals surface area contributed by atoms with Crippen LogP contribution in [-0.4, -0.2) is 15.8 Å². The molecule has 0 fully saturated rings. The second kappa shape index (κ2) is 5.11. The van der Waals surface area contributed by atoms with E-state index >= 15 is 0 Å². The first kappa shape index (κ1) is 13.7. The number of fused-ring (bicyclic) bond motifs is 1. The molecule has 1 aromatic carbocycles. The van der Waals surface area contributed by atoms with Crippen molar-refractivity contribution in [2.24, 2.45) is 0 Å². The molecule has 1 aliphatic rings. The summed E-state index contributed by atoms with van der Waals surface area (Å²) in [5.41, 5.74) is 3.85. The summed E-state index contributed by atoms with van der Waals surface area (Å²) in [6.45, 7) is 9.04. The first-order valence-electron chi connectivity index (χ1n) is 6.43. The molecule has 0 unspecified atom stereocenters. The van der Waals surface area contributed by atoms with Gasteiger partial charge in [0.1, 0.15) is 4.75 Å². The van der Waals surface area contributed by atoms with Crippen LogP contribution in [0.15, 0.2) is 18.2 Å². The Hall–Kier alpha value is -0.710. The van der Waals surface area contributed by atoms with Gasteiger partial charge < -0.3 is 9.87 Å². The number of nitrogens with one attached hydrogen (secondary N) is 2. The third kappa shape index (κ3) is 2.82. The molecule has 0 amide bonds. The SMILES string of the molecule is C[C@@H](N[S@@+]([O-])C(C)(C)C)c1cccc2c1CCN2. The van der Waals surface area contributed by atoms with Crippen LogP contribution in [0.1, 0.15) is 44.9 Å². The van der Waals surface area contributed by atoms with Gasteiger partial charge in [0.05, 0.1) is 6.04 Å². The van der Waals surface area contributed by atoms with Crippen molar-refractivity contribution in [3.05, 3.63) is 29.3 Å². The Morgan fingerprint density at radius 2 is 2.11 bits per heavy atom. The lowest BCUT2D eigenvalue weighted by Crippen LogP contribution is -2.40. The smallest absolute Gasteiger partial charge is 0.136 e. The van der Waals surface area contributed by atoms with E-state index in [9.17, 15) is 4.55 Å². The maximum absolute atomic E-state index is 12.1. The maximum atomic E-state index is 12.1. The number of benzene rings is 1. The van der Waals surface area contributed by atoms with Crippen molar-refractivity contribution in [2.75, 3.05) is 11.9 Å². The van der Waals surface area contributed by atoms with Crippen molar-refractivity contribution >= 4 is 17.0 Å². The summed E-state index contributed by atoms with van der Waals surface area (Å²) in [6, 6.07) is 6.41. The summed E-state index contributed by atoms with van der Waals surface area (Å²) in [5.74, 6) is 0. The first-order chi connectivity index (χ1) is 8.39. The van der Waals surface area contributed by atoms with Gasteiger partial charge >= 0.3 is 0 Å². The van der Waals surface area contributed by atoms with Crippen molar-refractivity contribution in [2.45, 2.75) is 44.9 Å². The molecule has 0 aromatic heterocycles. The van der Waals surface area contributed by atoms with E-state index in [1.165, 1.54) is 16.8 Å². The third-order valence-corrected chi connectivity index (χ3v) is 4.89. The monoisotopic (exact) mass is 266 g/mol. The summed E-state index contributed by atoms with van der Waals surface area (Å²) < 4.78 is 15.1. The van der Waals surface area contributed by atoms with Gasteiger partial charge in [-0.2, -0.15) is 0 Å². The molecule has 18 heavy (non-hydrogen) atoms. The lowest BCUT2D eigenvalue weighted by atomic mass is 10.00. The van der Waals surface area contributed by atoms with Crippen molar-refractivity contribution < 1.29 is 4.55 Å². The van der Waals surface area contributed by atoms with Gasteiger partial charge in [-0.15, -0.1) is 4.72 Å². The van der Waals surface area contributed by atoms with Gasteiger partial charge in [-0.05, 0) is 51.3 Å². The summed E-state index contributed by atoms with van der Waals surface area (Å²) in [7, 11) is 0. The largest absolute Gasteiger partial charge is 0.598 e. The van der Waals surface area contributed by atoms with Crippen molar-refractivity contribution in [1.29, 1.82) is 0 Å². The van der Waals surface area contributed by atoms with E-state index in [0.29, 0.717) is 0 Å². The van der Waals surface area contributed by atoms with Crippen LogP contribution >= 0.6 is 0 Å². The van der Waals surface area contributed by atoms with Crippen LogP contribution in [0.2, 0.25) is 0 Å². The number of hydrogen-bond acceptors (Lipinski definition) is 3. The molecule has 0 radical (unpaired) electrons. The highest BCUT2D eigenvalue weighted by Gasteiger charge is 2.29. The Labute approximate surface area is 113 Å². The number of anilines is 1. The average Bonchev–Trinajstić information content (AvgIpc) is 2.74. The summed E-state index contributed by atoms with van der Waals surface area (Å²) in [5, 5.41) is 3.38. The molecule has 1 aromatic rings. The first-order valence-corrected chi connectivity index (χ1v) is 7.58. The zero-order valence-corrected chi connectivity index (χ0v) is 12.4. The van der Waals surface area contributed by atoms with Crippen LogP contribution in [0.5, 0.6) is 0 Å². The molecule has 3 nitrogen and oxygen atoms in total. The fraction of sp³-hybridized carbons (Fsp3) is 0.571. The lowest BCUT2D eigenvalue weighted by Gasteiger charge is -2.27. The Balaban J connectivity index is 2.15. The maximum Gasteiger partial charge on any atom is 0.136 e. The Bertz CT molecular complexity index is 428. The predicted molar refractivity (Wildman–Crippen MR) is 78.1 cm³/mol. The minimum absolute atomic E-state index is 0.111. The highest BCUT2D eigenvalue weighted by atomic mass is 32.2. The van der Waals surface area contributed by atoms with E-state index in [0.717, 1.165) is 13.0 Å². The van der Waals surface area contributed by atoms with E-state index in [-0.39, 0.29) is 10.8 Å². The summed E-state index contributed by atoms with van der Waals surface area (Å²) in [6.07, 6.45) is 1.06. The van der Waals surface area contributed by atoms with Gasteiger partial charge in [-0.1, -0.05) is 12.1 Å². The molecule has 2 N–H and O–H groups in total. The van der Waals surface area contributed by atoms with E-state index in [1.807, 2.05) is 20.8 Å². The average molecular weight is 266 g/mol. The van der Waals surface area contributed by atoms with Crippen molar-refractivity contribution in [3.63, 3.8) is 0 Å². The Morgan fingerprint density at radius 3 is 2.78 bits per heavy atom. The molecule has 2 rings (SSSR count). The molecule has 0 saturated heterocycles. The molecule has 100 valence electrons. The van der Waals surface area contributed by atoms with Crippen molar-refractivity contribution in [1.82, 2.24) is 4.72 Å². The van der Waals surface area contributed by atoms with Crippen LogP contribution in [0.25, 0.3) is 0 Å². The summed E-state index contributed by atoms with van der Waals surface area (Å²) in [4.78, 5) is 0. The minimum Gasteiger partial charge on any atom is -0.598 e. The van der Waals surface area contributed by atoms with Gasteiger partial charge in [0.15, 0.2) is 0 Å². The van der Waals surface area contributed by atoms with E-state index in [4.69, 9.17) is 0 Å². The molecule has 0 saturated carbocycles. The topological polar surface area (TPSA) is 47.1 Å². The molecule has 1 heterocycles. The molecule has 0 aliphatic carbocycles. The highest BCUT2D eigenvalue weighted by Crippen LogP contribution is 2.30. The molecule has 4 heteroatoms. The second-order valence-electron chi connectivity index (χ2n) is 5.77. The van der Waals surface area contributed by atoms with E-state index in [1.54, 1.807) is 0 Å². The van der Waals surface area contributed by atoms with Crippen LogP contribution in [-0.2, 0) is 17.8 Å². The standard InChI is InChI=1S/C14H22N2OS/c1-10(16-18(17)14(2,3)4)11-6-5-7-13-12(11)8-9-15-13/h5-7,10,15-16H,8-9H2,1-4H3/t10-,18+/m1/s1. The molecule has 0 bridgehead atoms. The van der Waals surface area contributed by atoms with Gasteiger partial charge in [-0.3, -0.25) is 0 Å². The molecule has 1 aliphatic heterocycles. The fourth-order valence-corrected chi connectivity index (χ4v) is 2.98. The van der Waals surface area contributed by atoms with Crippen molar-refractivity contribution in [3.8, 4) is 0 Å². The third-order valence-electron chi connectivity index (χ3n) is 3.21. The highest BCUT2D eigenvalue weighted by molar-refractivity contribution is 7.90. The minimum atomic E-state index is -1.03. The zero-order chi connectivity index (χ0) is 13.3. The molecule has 2 atom stereocenters. The number of rotatable bonds is 3. The Morgan fingerprint density at radius 1 is 1.39 bits per heavy atom. The summed E-state index contributed by atoms with van der Waals surface area (Å²) >= 11 is -1.03.